The van der Waals surface area contributed by atoms with Gasteiger partial charge in [0.1, 0.15) is 0 Å². The maximum atomic E-state index is 10.8. The first-order valence-corrected chi connectivity index (χ1v) is 8.94. The lowest BCUT2D eigenvalue weighted by Gasteiger charge is -2.43. The summed E-state index contributed by atoms with van der Waals surface area (Å²) >= 11 is 0. The molecule has 0 amide bonds. The van der Waals surface area contributed by atoms with Crippen LogP contribution < -0.4 is 0 Å². The number of likely N-dealkylation sites (tertiary alicyclic amines) is 1. The van der Waals surface area contributed by atoms with Crippen molar-refractivity contribution in [3.63, 3.8) is 0 Å². The molecule has 1 aliphatic heterocycles. The number of rotatable bonds is 7. The highest BCUT2D eigenvalue weighted by molar-refractivity contribution is 5.23. The molecule has 1 heterocycles. The van der Waals surface area contributed by atoms with E-state index in [9.17, 15) is 5.11 Å². The van der Waals surface area contributed by atoms with Crippen LogP contribution in [0.1, 0.15) is 44.7 Å². The summed E-state index contributed by atoms with van der Waals surface area (Å²) in [6, 6.07) is 9.04. The van der Waals surface area contributed by atoms with E-state index in [1.165, 1.54) is 11.1 Å². The van der Waals surface area contributed by atoms with E-state index < -0.39 is 5.60 Å². The first-order valence-electron chi connectivity index (χ1n) is 8.94. The highest BCUT2D eigenvalue weighted by atomic mass is 16.5. The molecule has 130 valence electrons. The van der Waals surface area contributed by atoms with Gasteiger partial charge in [-0.15, -0.1) is 0 Å². The maximum absolute atomic E-state index is 10.8. The van der Waals surface area contributed by atoms with Gasteiger partial charge in [-0.3, -0.25) is 4.90 Å². The van der Waals surface area contributed by atoms with Crippen LogP contribution >= 0.6 is 0 Å². The number of hydrogen-bond acceptors (Lipinski definition) is 3. The molecule has 0 aromatic heterocycles. The van der Waals surface area contributed by atoms with Crippen molar-refractivity contribution in [3.05, 3.63) is 35.4 Å². The van der Waals surface area contributed by atoms with Crippen molar-refractivity contribution in [2.45, 2.75) is 52.2 Å². The molecule has 1 aromatic rings. The third-order valence-electron chi connectivity index (χ3n) is 5.12. The number of methoxy groups -OCH3 is 1. The van der Waals surface area contributed by atoms with Gasteiger partial charge >= 0.3 is 0 Å². The van der Waals surface area contributed by atoms with Gasteiger partial charge in [-0.25, -0.2) is 0 Å². The van der Waals surface area contributed by atoms with Crippen molar-refractivity contribution in [3.8, 4) is 0 Å². The molecule has 1 N–H and O–H groups in total. The van der Waals surface area contributed by atoms with Gasteiger partial charge in [0.2, 0.25) is 0 Å². The largest absolute Gasteiger partial charge is 0.389 e. The fraction of sp³-hybridized carbons (Fsp3) is 0.700. The standard InChI is InChI=1S/C20H33NO2/c1-16(2)13-18-5-7-19(8-6-18)15-21-11-9-20(22,10-12-23-4)17(3)14-21/h5-8,16-17,22H,9-15H2,1-4H3/t17-,20-/m1/s1. The first kappa shape index (κ1) is 18.4. The van der Waals surface area contributed by atoms with E-state index in [0.29, 0.717) is 12.5 Å². The van der Waals surface area contributed by atoms with Crippen LogP contribution in [0.15, 0.2) is 24.3 Å². The Balaban J connectivity index is 1.87. The normalized spacial score (nSPS) is 25.9. The smallest absolute Gasteiger partial charge is 0.0719 e. The van der Waals surface area contributed by atoms with Gasteiger partial charge < -0.3 is 9.84 Å². The Hall–Kier alpha value is -0.900. The Morgan fingerprint density at radius 1 is 1.26 bits per heavy atom. The van der Waals surface area contributed by atoms with Crippen LogP contribution in [0.25, 0.3) is 0 Å². The van der Waals surface area contributed by atoms with Gasteiger partial charge in [-0.2, -0.15) is 0 Å². The molecule has 23 heavy (non-hydrogen) atoms. The zero-order chi connectivity index (χ0) is 16.9. The first-order chi connectivity index (χ1) is 10.9. The fourth-order valence-electron chi connectivity index (χ4n) is 3.55. The SMILES string of the molecule is COCC[C@]1(O)CCN(Cc2ccc(CC(C)C)cc2)C[C@H]1C. The van der Waals surface area contributed by atoms with Gasteiger partial charge in [0.05, 0.1) is 5.60 Å². The van der Waals surface area contributed by atoms with Gasteiger partial charge in [0.15, 0.2) is 0 Å². The van der Waals surface area contributed by atoms with E-state index in [0.717, 1.165) is 38.9 Å². The molecule has 0 bridgehead atoms. The molecule has 1 fully saturated rings. The third kappa shape index (κ3) is 5.30. The second-order valence-electron chi connectivity index (χ2n) is 7.65. The van der Waals surface area contributed by atoms with Crippen LogP contribution in [-0.2, 0) is 17.7 Å². The molecule has 0 unspecified atom stereocenters. The average molecular weight is 319 g/mol. The lowest BCUT2D eigenvalue weighted by Crippen LogP contribution is -2.51. The molecule has 3 nitrogen and oxygen atoms in total. The van der Waals surface area contributed by atoms with Crippen LogP contribution in [0, 0.1) is 11.8 Å². The predicted octanol–water partition coefficient (Wildman–Crippen LogP) is 3.49. The summed E-state index contributed by atoms with van der Waals surface area (Å²) in [7, 11) is 1.70. The summed E-state index contributed by atoms with van der Waals surface area (Å²) in [6.45, 7) is 10.2. The molecule has 1 aromatic carbocycles. The molecule has 0 spiro atoms. The van der Waals surface area contributed by atoms with Crippen LogP contribution in [0.3, 0.4) is 0 Å². The lowest BCUT2D eigenvalue weighted by atomic mass is 9.80. The van der Waals surface area contributed by atoms with E-state index in [4.69, 9.17) is 4.74 Å². The minimum atomic E-state index is -0.562. The Kier molecular flexibility index (Phi) is 6.63. The Bertz CT molecular complexity index is 471. The van der Waals surface area contributed by atoms with Gasteiger partial charge in [0, 0.05) is 33.4 Å². The molecule has 2 atom stereocenters. The molecule has 0 saturated carbocycles. The monoisotopic (exact) mass is 319 g/mol. The molecule has 0 aliphatic carbocycles. The molecular weight excluding hydrogens is 286 g/mol. The molecule has 3 heteroatoms. The zero-order valence-corrected chi connectivity index (χ0v) is 15.2. The van der Waals surface area contributed by atoms with Crippen molar-refractivity contribution >= 4 is 0 Å². The zero-order valence-electron chi connectivity index (χ0n) is 15.2. The molecule has 1 aliphatic rings. The molecule has 1 saturated heterocycles. The van der Waals surface area contributed by atoms with Crippen LogP contribution in [0.2, 0.25) is 0 Å². The van der Waals surface area contributed by atoms with Crippen molar-refractivity contribution in [1.82, 2.24) is 4.90 Å². The third-order valence-corrected chi connectivity index (χ3v) is 5.12. The Morgan fingerprint density at radius 2 is 1.91 bits per heavy atom. The highest BCUT2D eigenvalue weighted by Gasteiger charge is 2.38. The van der Waals surface area contributed by atoms with Crippen LogP contribution in [0.4, 0.5) is 0 Å². The summed E-state index contributed by atoms with van der Waals surface area (Å²) < 4.78 is 5.15. The average Bonchev–Trinajstić information content (AvgIpc) is 2.51. The highest BCUT2D eigenvalue weighted by Crippen LogP contribution is 2.31. The summed E-state index contributed by atoms with van der Waals surface area (Å²) in [6.07, 6.45) is 2.72. The predicted molar refractivity (Wildman–Crippen MR) is 95.5 cm³/mol. The quantitative estimate of drug-likeness (QED) is 0.835. The minimum absolute atomic E-state index is 0.284. The summed E-state index contributed by atoms with van der Waals surface area (Å²) in [5.41, 5.74) is 2.23. The van der Waals surface area contributed by atoms with Crippen molar-refractivity contribution in [2.24, 2.45) is 11.8 Å². The summed E-state index contributed by atoms with van der Waals surface area (Å²) in [4.78, 5) is 2.46. The second-order valence-corrected chi connectivity index (χ2v) is 7.65. The topological polar surface area (TPSA) is 32.7 Å². The van der Waals surface area contributed by atoms with Gasteiger partial charge in [0.25, 0.3) is 0 Å². The van der Waals surface area contributed by atoms with E-state index in [-0.39, 0.29) is 5.92 Å². The lowest BCUT2D eigenvalue weighted by molar-refractivity contribution is -0.0827. The number of piperidine rings is 1. The van der Waals surface area contributed by atoms with Gasteiger partial charge in [-0.05, 0) is 42.2 Å². The van der Waals surface area contributed by atoms with Crippen LogP contribution in [0.5, 0.6) is 0 Å². The Labute approximate surface area is 141 Å². The van der Waals surface area contributed by atoms with Crippen molar-refractivity contribution in [1.29, 1.82) is 0 Å². The number of hydrogen-bond donors (Lipinski definition) is 1. The number of ether oxygens (including phenoxy) is 1. The van der Waals surface area contributed by atoms with E-state index in [1.54, 1.807) is 7.11 Å². The minimum Gasteiger partial charge on any atom is -0.389 e. The second kappa shape index (κ2) is 8.27. The molecular formula is C20H33NO2. The molecule has 0 radical (unpaired) electrons. The Morgan fingerprint density at radius 3 is 2.48 bits per heavy atom. The van der Waals surface area contributed by atoms with E-state index >= 15 is 0 Å². The van der Waals surface area contributed by atoms with Gasteiger partial charge in [-0.1, -0.05) is 45.0 Å². The van der Waals surface area contributed by atoms with Crippen molar-refractivity contribution < 1.29 is 9.84 Å². The number of aliphatic hydroxyl groups is 1. The number of nitrogens with zero attached hydrogens (tertiary/aromatic N) is 1. The van der Waals surface area contributed by atoms with Crippen molar-refractivity contribution in [2.75, 3.05) is 26.8 Å². The maximum Gasteiger partial charge on any atom is 0.0719 e. The van der Waals surface area contributed by atoms with Crippen LogP contribution in [-0.4, -0.2) is 42.4 Å². The summed E-state index contributed by atoms with van der Waals surface area (Å²) in [5.74, 6) is 0.986. The van der Waals surface area contributed by atoms with E-state index in [2.05, 4.69) is 49.9 Å². The number of benzene rings is 1. The summed E-state index contributed by atoms with van der Waals surface area (Å²) in [5, 5.41) is 10.8. The fourth-order valence-corrected chi connectivity index (χ4v) is 3.55. The molecule has 2 rings (SSSR count). The van der Waals surface area contributed by atoms with E-state index in [1.807, 2.05) is 0 Å².